The Bertz CT molecular complexity index is 1100. The van der Waals surface area contributed by atoms with Gasteiger partial charge in [0.05, 0.1) is 30.5 Å². The minimum Gasteiger partial charge on any atom is -0.502 e. The number of aromatic nitrogens is 2. The third-order valence-corrected chi connectivity index (χ3v) is 4.42. The van der Waals surface area contributed by atoms with E-state index in [0.717, 1.165) is 12.1 Å². The first-order chi connectivity index (χ1) is 13.0. The van der Waals surface area contributed by atoms with E-state index in [1.165, 1.54) is 24.5 Å². The molecule has 3 rings (SSSR count). The maximum absolute atomic E-state index is 12.9. The van der Waals surface area contributed by atoms with E-state index >= 15 is 0 Å². The molecule has 27 heavy (non-hydrogen) atoms. The SMILES string of the molecule is C=c1[nH]n(-c2ccc(CC)cc2)c(=O)/c1=C/c1cc(OC)c(O)c(OC)c1. The molecule has 6 nitrogen and oxygen atoms in total. The molecule has 0 saturated heterocycles. The molecule has 0 radical (unpaired) electrons. The van der Waals surface area contributed by atoms with Crippen LogP contribution < -0.4 is 25.6 Å². The van der Waals surface area contributed by atoms with E-state index in [1.807, 2.05) is 24.3 Å². The quantitative estimate of drug-likeness (QED) is 0.721. The normalized spacial score (nSPS) is 11.6. The number of aryl methyl sites for hydroxylation is 1. The molecule has 0 unspecified atom stereocenters. The van der Waals surface area contributed by atoms with Crippen LogP contribution in [-0.4, -0.2) is 29.1 Å². The Kier molecular flexibility index (Phi) is 5.07. The molecule has 2 aromatic carbocycles. The molecule has 3 aromatic rings. The Labute approximate surface area is 156 Å². The van der Waals surface area contributed by atoms with Gasteiger partial charge in [0.15, 0.2) is 11.5 Å². The summed E-state index contributed by atoms with van der Waals surface area (Å²) in [5.41, 5.74) is 2.37. The van der Waals surface area contributed by atoms with Gasteiger partial charge >= 0.3 is 0 Å². The number of H-pyrrole nitrogens is 1. The van der Waals surface area contributed by atoms with Crippen molar-refractivity contribution in [2.45, 2.75) is 13.3 Å². The molecule has 0 aliphatic rings. The maximum atomic E-state index is 12.9. The molecule has 0 amide bonds. The molecule has 0 saturated carbocycles. The van der Waals surface area contributed by atoms with Crippen LogP contribution in [0.1, 0.15) is 18.1 Å². The highest BCUT2D eigenvalue weighted by Gasteiger charge is 2.11. The van der Waals surface area contributed by atoms with Crippen molar-refractivity contribution < 1.29 is 14.6 Å². The number of benzene rings is 2. The van der Waals surface area contributed by atoms with Gasteiger partial charge in [-0.05, 0) is 47.9 Å². The average molecular weight is 366 g/mol. The molecule has 0 atom stereocenters. The molecule has 0 fully saturated rings. The first-order valence-corrected chi connectivity index (χ1v) is 8.54. The Morgan fingerprint density at radius 3 is 2.26 bits per heavy atom. The predicted molar refractivity (Wildman–Crippen MR) is 105 cm³/mol. The highest BCUT2D eigenvalue weighted by molar-refractivity contribution is 5.61. The monoisotopic (exact) mass is 366 g/mol. The number of phenols is 1. The number of phenolic OH excluding ortho intramolecular Hbond substituents is 1. The highest BCUT2D eigenvalue weighted by Crippen LogP contribution is 2.37. The fourth-order valence-electron chi connectivity index (χ4n) is 2.87. The van der Waals surface area contributed by atoms with E-state index in [4.69, 9.17) is 9.47 Å². The summed E-state index contributed by atoms with van der Waals surface area (Å²) in [5.74, 6) is 0.434. The largest absolute Gasteiger partial charge is 0.502 e. The van der Waals surface area contributed by atoms with Gasteiger partial charge in [0, 0.05) is 0 Å². The number of methoxy groups -OCH3 is 2. The van der Waals surface area contributed by atoms with Gasteiger partial charge in [0.25, 0.3) is 5.56 Å². The smallest absolute Gasteiger partial charge is 0.279 e. The van der Waals surface area contributed by atoms with Crippen LogP contribution in [0.2, 0.25) is 0 Å². The zero-order chi connectivity index (χ0) is 19.6. The maximum Gasteiger partial charge on any atom is 0.279 e. The lowest BCUT2D eigenvalue weighted by Crippen LogP contribution is -2.33. The fourth-order valence-corrected chi connectivity index (χ4v) is 2.87. The van der Waals surface area contributed by atoms with Gasteiger partial charge in [-0.3, -0.25) is 9.89 Å². The van der Waals surface area contributed by atoms with Crippen molar-refractivity contribution in [2.24, 2.45) is 0 Å². The van der Waals surface area contributed by atoms with Gasteiger partial charge in [0.1, 0.15) is 0 Å². The second-order valence-electron chi connectivity index (χ2n) is 6.08. The van der Waals surface area contributed by atoms with Crippen molar-refractivity contribution in [3.63, 3.8) is 0 Å². The van der Waals surface area contributed by atoms with Gasteiger partial charge in [-0.25, -0.2) is 4.68 Å². The van der Waals surface area contributed by atoms with E-state index in [0.29, 0.717) is 16.1 Å². The fraction of sp³-hybridized carbons (Fsp3) is 0.190. The molecule has 0 aliphatic heterocycles. The summed E-state index contributed by atoms with van der Waals surface area (Å²) >= 11 is 0. The van der Waals surface area contributed by atoms with E-state index in [-0.39, 0.29) is 22.8 Å². The zero-order valence-electron chi connectivity index (χ0n) is 15.6. The molecule has 1 aromatic heterocycles. The lowest BCUT2D eigenvalue weighted by Gasteiger charge is -2.09. The molecular weight excluding hydrogens is 344 g/mol. The molecule has 6 heteroatoms. The van der Waals surface area contributed by atoms with E-state index in [2.05, 4.69) is 18.6 Å². The van der Waals surface area contributed by atoms with Gasteiger partial charge in [-0.15, -0.1) is 0 Å². The molecule has 0 spiro atoms. The Morgan fingerprint density at radius 2 is 1.74 bits per heavy atom. The van der Waals surface area contributed by atoms with Gasteiger partial charge in [0.2, 0.25) is 5.75 Å². The van der Waals surface area contributed by atoms with Crippen LogP contribution in [0.25, 0.3) is 18.3 Å². The highest BCUT2D eigenvalue weighted by atomic mass is 16.5. The van der Waals surface area contributed by atoms with E-state index in [9.17, 15) is 9.90 Å². The first-order valence-electron chi connectivity index (χ1n) is 8.54. The lowest BCUT2D eigenvalue weighted by molar-refractivity contribution is 0.340. The summed E-state index contributed by atoms with van der Waals surface area (Å²) in [6.45, 7) is 6.02. The van der Waals surface area contributed by atoms with Crippen LogP contribution in [0.3, 0.4) is 0 Å². The third-order valence-electron chi connectivity index (χ3n) is 4.42. The van der Waals surface area contributed by atoms with Crippen LogP contribution in [0, 0.1) is 0 Å². The number of nitrogens with one attached hydrogen (secondary N) is 1. The van der Waals surface area contributed by atoms with Crippen molar-refractivity contribution >= 4 is 12.7 Å². The number of hydrogen-bond acceptors (Lipinski definition) is 4. The van der Waals surface area contributed by atoms with Crippen LogP contribution in [0.4, 0.5) is 0 Å². The molecule has 0 aliphatic carbocycles. The van der Waals surface area contributed by atoms with Crippen LogP contribution in [0.15, 0.2) is 41.2 Å². The Balaban J connectivity index is 2.14. The number of rotatable bonds is 5. The minimum absolute atomic E-state index is 0.0884. The van der Waals surface area contributed by atoms with Crippen LogP contribution in [0.5, 0.6) is 17.2 Å². The molecule has 0 bridgehead atoms. The van der Waals surface area contributed by atoms with Gasteiger partial charge in [-0.1, -0.05) is 25.6 Å². The topological polar surface area (TPSA) is 76.5 Å². The zero-order valence-corrected chi connectivity index (χ0v) is 15.6. The summed E-state index contributed by atoms with van der Waals surface area (Å²) in [7, 11) is 2.91. The summed E-state index contributed by atoms with van der Waals surface area (Å²) in [6, 6.07) is 11.0. The third kappa shape index (κ3) is 3.46. The van der Waals surface area contributed by atoms with Crippen LogP contribution in [-0.2, 0) is 6.42 Å². The minimum atomic E-state index is -0.213. The second-order valence-corrected chi connectivity index (χ2v) is 6.08. The number of aromatic hydroxyl groups is 1. The van der Waals surface area contributed by atoms with E-state index in [1.54, 1.807) is 18.2 Å². The molecular formula is C21H22N2O4. The van der Waals surface area contributed by atoms with Crippen molar-refractivity contribution in [2.75, 3.05) is 14.2 Å². The van der Waals surface area contributed by atoms with Gasteiger partial charge < -0.3 is 14.6 Å². The summed E-state index contributed by atoms with van der Waals surface area (Å²) in [6.07, 6.45) is 2.62. The lowest BCUT2D eigenvalue weighted by atomic mass is 10.1. The number of hydrogen-bond donors (Lipinski definition) is 2. The summed E-state index contributed by atoms with van der Waals surface area (Å²) < 4.78 is 11.8. The Morgan fingerprint density at radius 1 is 1.15 bits per heavy atom. The second kappa shape index (κ2) is 7.45. The molecule has 140 valence electrons. The summed E-state index contributed by atoms with van der Waals surface area (Å²) in [4.78, 5) is 12.9. The summed E-state index contributed by atoms with van der Waals surface area (Å²) in [5, 5.41) is 14.0. The van der Waals surface area contributed by atoms with Crippen molar-refractivity contribution in [3.8, 4) is 22.9 Å². The molecule has 2 N–H and O–H groups in total. The number of nitrogens with zero attached hydrogens (tertiary/aromatic N) is 1. The van der Waals surface area contributed by atoms with Crippen molar-refractivity contribution in [1.82, 2.24) is 9.78 Å². The average Bonchev–Trinajstić information content (AvgIpc) is 2.97. The van der Waals surface area contributed by atoms with Crippen molar-refractivity contribution in [3.05, 3.63) is 68.4 Å². The van der Waals surface area contributed by atoms with Crippen molar-refractivity contribution in [1.29, 1.82) is 0 Å². The first kappa shape index (κ1) is 18.4. The Hall–Kier alpha value is -3.41. The predicted octanol–water partition coefficient (Wildman–Crippen LogP) is 1.69. The standard InChI is InChI=1S/C21H22N2O4/c1-5-14-6-8-16(9-7-14)23-21(25)17(13(2)22-23)10-15-11-18(26-3)20(24)19(12-15)27-4/h6-12,22,24H,2,5H2,1,3-4H3/b17-10+. The van der Waals surface area contributed by atoms with Gasteiger partial charge in [-0.2, -0.15) is 0 Å². The molecule has 1 heterocycles. The van der Waals surface area contributed by atoms with E-state index < -0.39 is 0 Å². The number of ether oxygens (including phenoxy) is 2. The number of aromatic amines is 1. The van der Waals surface area contributed by atoms with Crippen LogP contribution >= 0.6 is 0 Å².